The molecule has 0 spiro atoms. The van der Waals surface area contributed by atoms with Gasteiger partial charge in [-0.1, -0.05) is 37.5 Å². The second-order valence-corrected chi connectivity index (χ2v) is 7.48. The van der Waals surface area contributed by atoms with Gasteiger partial charge in [0.15, 0.2) is 5.96 Å². The molecule has 0 aromatic heterocycles. The first kappa shape index (κ1) is 21.1. The summed E-state index contributed by atoms with van der Waals surface area (Å²) in [5.74, 6) is 2.31. The molecule has 0 bridgehead atoms. The number of ether oxygens (including phenoxy) is 1. The summed E-state index contributed by atoms with van der Waals surface area (Å²) in [7, 11) is 7.20. The number of rotatable bonds is 7. The third-order valence-electron chi connectivity index (χ3n) is 5.10. The molecular weight excluding hydrogens is 340 g/mol. The maximum Gasteiger partial charge on any atom is 0.243 e. The summed E-state index contributed by atoms with van der Waals surface area (Å²) >= 11 is 0. The zero-order valence-electron chi connectivity index (χ0n) is 17.2. The van der Waals surface area contributed by atoms with Crippen molar-refractivity contribution in [2.75, 3.05) is 41.3 Å². The van der Waals surface area contributed by atoms with E-state index in [2.05, 4.69) is 21.3 Å². The minimum atomic E-state index is -0.00217. The van der Waals surface area contributed by atoms with Crippen LogP contribution >= 0.6 is 0 Å². The van der Waals surface area contributed by atoms with Crippen LogP contribution in [-0.4, -0.2) is 63.0 Å². The summed E-state index contributed by atoms with van der Waals surface area (Å²) < 4.78 is 5.46. The van der Waals surface area contributed by atoms with Gasteiger partial charge in [0, 0.05) is 39.8 Å². The highest BCUT2D eigenvalue weighted by Crippen LogP contribution is 2.23. The Morgan fingerprint density at radius 2 is 1.89 bits per heavy atom. The molecule has 1 aromatic carbocycles. The van der Waals surface area contributed by atoms with E-state index >= 15 is 0 Å². The molecule has 27 heavy (non-hydrogen) atoms. The van der Waals surface area contributed by atoms with Gasteiger partial charge in [-0.15, -0.1) is 0 Å². The van der Waals surface area contributed by atoms with E-state index in [9.17, 15) is 4.79 Å². The number of hydrogen-bond donors (Lipinski definition) is 1. The van der Waals surface area contributed by atoms with E-state index in [1.165, 1.54) is 32.1 Å². The Bertz CT molecular complexity index is 624. The van der Waals surface area contributed by atoms with E-state index in [-0.39, 0.29) is 12.5 Å². The first-order valence-electron chi connectivity index (χ1n) is 9.82. The molecule has 0 aliphatic heterocycles. The first-order chi connectivity index (χ1) is 13.0. The van der Waals surface area contributed by atoms with Gasteiger partial charge in [-0.3, -0.25) is 4.79 Å². The standard InChI is InChI=1S/C21H34N4O2/c1-24(2)20(26)15-23-21(22-14-17-10-6-5-7-11-17)25(3)16-18-12-8-9-13-19(18)27-4/h8-9,12-13,17H,5-7,10-11,14-16H2,1-4H3,(H,22,23). The minimum Gasteiger partial charge on any atom is -0.496 e. The summed E-state index contributed by atoms with van der Waals surface area (Å²) in [6.45, 7) is 1.72. The lowest BCUT2D eigenvalue weighted by atomic mass is 9.89. The van der Waals surface area contributed by atoms with Crippen LogP contribution in [0.3, 0.4) is 0 Å². The number of carbonyl (C=O) groups is 1. The molecule has 1 N–H and O–H groups in total. The highest BCUT2D eigenvalue weighted by molar-refractivity contribution is 5.84. The van der Waals surface area contributed by atoms with Crippen molar-refractivity contribution >= 4 is 11.9 Å². The van der Waals surface area contributed by atoms with Gasteiger partial charge in [-0.2, -0.15) is 0 Å². The predicted molar refractivity (Wildman–Crippen MR) is 110 cm³/mol. The monoisotopic (exact) mass is 374 g/mol. The van der Waals surface area contributed by atoms with E-state index in [0.717, 1.165) is 23.8 Å². The average molecular weight is 375 g/mol. The number of para-hydroxylation sites is 1. The maximum atomic E-state index is 12.0. The highest BCUT2D eigenvalue weighted by Gasteiger charge is 2.16. The maximum absolute atomic E-state index is 12.0. The number of guanidine groups is 1. The Morgan fingerprint density at radius 1 is 1.19 bits per heavy atom. The lowest BCUT2D eigenvalue weighted by Crippen LogP contribution is -2.42. The summed E-state index contributed by atoms with van der Waals surface area (Å²) in [6, 6.07) is 7.99. The Balaban J connectivity index is 2.06. The van der Waals surface area contributed by atoms with Crippen LogP contribution in [-0.2, 0) is 11.3 Å². The van der Waals surface area contributed by atoms with Gasteiger partial charge in [0.05, 0.1) is 7.11 Å². The molecule has 1 aromatic rings. The summed E-state index contributed by atoms with van der Waals surface area (Å²) in [4.78, 5) is 20.2. The second-order valence-electron chi connectivity index (χ2n) is 7.48. The number of nitrogens with one attached hydrogen (secondary N) is 1. The Kier molecular flexibility index (Phi) is 8.43. The number of amides is 1. The van der Waals surface area contributed by atoms with E-state index < -0.39 is 0 Å². The number of nitrogens with zero attached hydrogens (tertiary/aromatic N) is 3. The smallest absolute Gasteiger partial charge is 0.243 e. The Labute approximate surface area is 163 Å². The van der Waals surface area contributed by atoms with Crippen molar-refractivity contribution in [1.82, 2.24) is 15.1 Å². The van der Waals surface area contributed by atoms with Gasteiger partial charge in [0.1, 0.15) is 12.3 Å². The zero-order chi connectivity index (χ0) is 19.6. The molecule has 1 aliphatic rings. The fraction of sp³-hybridized carbons (Fsp3) is 0.619. The van der Waals surface area contributed by atoms with Gasteiger partial charge < -0.3 is 19.9 Å². The largest absolute Gasteiger partial charge is 0.496 e. The summed E-state index contributed by atoms with van der Waals surface area (Å²) in [5.41, 5.74) is 1.09. The van der Waals surface area contributed by atoms with Gasteiger partial charge in [0.25, 0.3) is 0 Å². The second kappa shape index (κ2) is 10.8. The third kappa shape index (κ3) is 6.77. The molecule has 1 fully saturated rings. The molecule has 0 atom stereocenters. The highest BCUT2D eigenvalue weighted by atomic mass is 16.5. The molecule has 0 saturated heterocycles. The Morgan fingerprint density at radius 3 is 2.56 bits per heavy atom. The van der Waals surface area contributed by atoms with Crippen molar-refractivity contribution in [2.24, 2.45) is 10.9 Å². The van der Waals surface area contributed by atoms with Crippen LogP contribution in [0.5, 0.6) is 5.75 Å². The van der Waals surface area contributed by atoms with Crippen molar-refractivity contribution in [3.05, 3.63) is 29.8 Å². The quantitative estimate of drug-likeness (QED) is 0.589. The van der Waals surface area contributed by atoms with Gasteiger partial charge >= 0.3 is 0 Å². The first-order valence-corrected chi connectivity index (χ1v) is 9.82. The van der Waals surface area contributed by atoms with Crippen LogP contribution in [0.25, 0.3) is 0 Å². The summed E-state index contributed by atoms with van der Waals surface area (Å²) in [5, 5.41) is 3.51. The van der Waals surface area contributed by atoms with E-state index in [4.69, 9.17) is 4.74 Å². The molecule has 0 radical (unpaired) electrons. The van der Waals surface area contributed by atoms with E-state index in [1.807, 2.05) is 25.2 Å². The zero-order valence-corrected chi connectivity index (χ0v) is 17.2. The molecule has 0 heterocycles. The van der Waals surface area contributed by atoms with Crippen molar-refractivity contribution in [3.63, 3.8) is 0 Å². The number of likely N-dealkylation sites (N-methyl/N-ethyl adjacent to an activating group) is 1. The number of methoxy groups -OCH3 is 1. The lowest BCUT2D eigenvalue weighted by molar-refractivity contribution is -0.127. The van der Waals surface area contributed by atoms with Crippen molar-refractivity contribution in [3.8, 4) is 5.75 Å². The summed E-state index contributed by atoms with van der Waals surface area (Å²) in [6.07, 6.45) is 6.52. The fourth-order valence-corrected chi connectivity index (χ4v) is 3.39. The van der Waals surface area contributed by atoms with E-state index in [1.54, 1.807) is 26.1 Å². The van der Waals surface area contributed by atoms with Crippen molar-refractivity contribution < 1.29 is 9.53 Å². The predicted octanol–water partition coefficient (Wildman–Crippen LogP) is 2.74. The SMILES string of the molecule is COc1ccccc1CN(C)C(=NCC(=O)N(C)C)NCC1CCCCC1. The average Bonchev–Trinajstić information content (AvgIpc) is 2.68. The van der Waals surface area contributed by atoms with Gasteiger partial charge in [-0.05, 0) is 24.8 Å². The molecule has 6 nitrogen and oxygen atoms in total. The normalized spacial score (nSPS) is 15.3. The van der Waals surface area contributed by atoms with Crippen LogP contribution in [0, 0.1) is 5.92 Å². The van der Waals surface area contributed by atoms with Crippen molar-refractivity contribution in [1.29, 1.82) is 0 Å². The molecule has 1 aliphatic carbocycles. The van der Waals surface area contributed by atoms with Crippen LogP contribution in [0.1, 0.15) is 37.7 Å². The number of benzene rings is 1. The molecule has 1 amide bonds. The molecular formula is C21H34N4O2. The lowest BCUT2D eigenvalue weighted by Gasteiger charge is -2.27. The molecule has 6 heteroatoms. The van der Waals surface area contributed by atoms with Crippen molar-refractivity contribution in [2.45, 2.75) is 38.6 Å². The Hall–Kier alpha value is -2.24. The molecule has 1 saturated carbocycles. The number of hydrogen-bond acceptors (Lipinski definition) is 3. The van der Waals surface area contributed by atoms with Crippen LogP contribution in [0.15, 0.2) is 29.3 Å². The molecule has 2 rings (SSSR count). The van der Waals surface area contributed by atoms with Crippen LogP contribution < -0.4 is 10.1 Å². The third-order valence-corrected chi connectivity index (χ3v) is 5.10. The minimum absolute atomic E-state index is 0.00217. The number of carbonyl (C=O) groups excluding carboxylic acids is 1. The van der Waals surface area contributed by atoms with Crippen LogP contribution in [0.2, 0.25) is 0 Å². The van der Waals surface area contributed by atoms with Gasteiger partial charge in [-0.25, -0.2) is 4.99 Å². The fourth-order valence-electron chi connectivity index (χ4n) is 3.39. The van der Waals surface area contributed by atoms with Crippen LogP contribution in [0.4, 0.5) is 0 Å². The molecule has 150 valence electrons. The number of aliphatic imine (C=N–C) groups is 1. The van der Waals surface area contributed by atoms with E-state index in [0.29, 0.717) is 12.5 Å². The van der Waals surface area contributed by atoms with Gasteiger partial charge in [0.2, 0.25) is 5.91 Å². The topological polar surface area (TPSA) is 57.2 Å². The molecule has 0 unspecified atom stereocenters.